The zero-order valence-electron chi connectivity index (χ0n) is 10.7. The molecule has 0 spiro atoms. The van der Waals surface area contributed by atoms with Gasteiger partial charge in [-0.1, -0.05) is 17.7 Å². The summed E-state index contributed by atoms with van der Waals surface area (Å²) in [6, 6.07) is 7.04. The van der Waals surface area contributed by atoms with Crippen LogP contribution in [0.5, 0.6) is 5.75 Å². The maximum atomic E-state index is 9.68. The van der Waals surface area contributed by atoms with E-state index in [0.29, 0.717) is 37.1 Å². The summed E-state index contributed by atoms with van der Waals surface area (Å²) in [5, 5.41) is 21.8. The number of ether oxygens (including phenoxy) is 2. The van der Waals surface area contributed by atoms with Gasteiger partial charge in [0.1, 0.15) is 18.5 Å². The molecule has 1 rings (SSSR count). The van der Waals surface area contributed by atoms with Crippen molar-refractivity contribution in [3.05, 3.63) is 29.3 Å². The molecule has 0 aliphatic rings. The van der Waals surface area contributed by atoms with Gasteiger partial charge in [-0.2, -0.15) is 0 Å². The molecule has 1 aromatic carbocycles. The van der Waals surface area contributed by atoms with Crippen LogP contribution in [0, 0.1) is 0 Å². The minimum Gasteiger partial charge on any atom is -0.491 e. The van der Waals surface area contributed by atoms with Crippen LogP contribution in [0.25, 0.3) is 0 Å². The lowest BCUT2D eigenvalue weighted by atomic mass is 10.3. The Morgan fingerprint density at radius 2 is 2.16 bits per heavy atom. The molecule has 5 nitrogen and oxygen atoms in total. The van der Waals surface area contributed by atoms with Gasteiger partial charge >= 0.3 is 0 Å². The van der Waals surface area contributed by atoms with Crippen molar-refractivity contribution in [2.75, 3.05) is 39.5 Å². The van der Waals surface area contributed by atoms with E-state index < -0.39 is 6.10 Å². The zero-order chi connectivity index (χ0) is 13.9. The van der Waals surface area contributed by atoms with Crippen LogP contribution in [0.2, 0.25) is 5.02 Å². The molecule has 0 radical (unpaired) electrons. The quantitative estimate of drug-likeness (QED) is 0.553. The topological polar surface area (TPSA) is 71.0 Å². The first-order chi connectivity index (χ1) is 9.22. The maximum absolute atomic E-state index is 9.68. The van der Waals surface area contributed by atoms with Crippen LogP contribution in [0.3, 0.4) is 0 Å². The van der Waals surface area contributed by atoms with Crippen LogP contribution in [0.1, 0.15) is 0 Å². The average molecular weight is 290 g/mol. The van der Waals surface area contributed by atoms with Crippen LogP contribution in [-0.4, -0.2) is 55.8 Å². The average Bonchev–Trinajstić information content (AvgIpc) is 2.40. The third kappa shape index (κ3) is 8.02. The minimum absolute atomic E-state index is 0.0239. The van der Waals surface area contributed by atoms with Gasteiger partial charge in [-0.3, -0.25) is 0 Å². The van der Waals surface area contributed by atoms with Crippen LogP contribution < -0.4 is 10.1 Å². The Balaban J connectivity index is 2.06. The molecule has 0 unspecified atom stereocenters. The predicted molar refractivity (Wildman–Crippen MR) is 73.7 cm³/mol. The number of benzene rings is 1. The molecule has 1 atom stereocenters. The molecular formula is C13H20ClNO4. The van der Waals surface area contributed by atoms with Crippen molar-refractivity contribution in [3.63, 3.8) is 0 Å². The van der Waals surface area contributed by atoms with E-state index in [4.69, 9.17) is 26.2 Å². The van der Waals surface area contributed by atoms with Gasteiger partial charge in [-0.05, 0) is 18.2 Å². The number of nitrogens with one attached hydrogen (secondary N) is 1. The summed E-state index contributed by atoms with van der Waals surface area (Å²) in [6.07, 6.45) is -0.600. The van der Waals surface area contributed by atoms with E-state index in [1.807, 2.05) is 0 Å². The van der Waals surface area contributed by atoms with Gasteiger partial charge in [0.2, 0.25) is 0 Å². The highest BCUT2D eigenvalue weighted by Gasteiger charge is 2.04. The molecule has 0 aromatic heterocycles. The van der Waals surface area contributed by atoms with E-state index in [0.717, 1.165) is 0 Å². The lowest BCUT2D eigenvalue weighted by molar-refractivity contribution is 0.0842. The Morgan fingerprint density at radius 1 is 1.32 bits per heavy atom. The van der Waals surface area contributed by atoms with Gasteiger partial charge in [0, 0.05) is 18.1 Å². The molecule has 0 heterocycles. The third-order valence-corrected chi connectivity index (χ3v) is 2.51. The molecule has 0 saturated carbocycles. The molecule has 0 amide bonds. The SMILES string of the molecule is OCCOCCNC[C@H](O)COc1cccc(Cl)c1. The second-order valence-electron chi connectivity index (χ2n) is 3.96. The highest BCUT2D eigenvalue weighted by Crippen LogP contribution is 2.17. The lowest BCUT2D eigenvalue weighted by Gasteiger charge is -2.13. The maximum Gasteiger partial charge on any atom is 0.120 e. The summed E-state index contributed by atoms with van der Waals surface area (Å²) in [5.74, 6) is 0.637. The summed E-state index contributed by atoms with van der Waals surface area (Å²) >= 11 is 5.82. The monoisotopic (exact) mass is 289 g/mol. The fraction of sp³-hybridized carbons (Fsp3) is 0.538. The van der Waals surface area contributed by atoms with Crippen molar-refractivity contribution < 1.29 is 19.7 Å². The van der Waals surface area contributed by atoms with Crippen LogP contribution in [-0.2, 0) is 4.74 Å². The second kappa shape index (κ2) is 10.00. The van der Waals surface area contributed by atoms with E-state index >= 15 is 0 Å². The fourth-order valence-corrected chi connectivity index (χ4v) is 1.57. The first-order valence-electron chi connectivity index (χ1n) is 6.18. The van der Waals surface area contributed by atoms with Crippen molar-refractivity contribution in [2.45, 2.75) is 6.10 Å². The van der Waals surface area contributed by atoms with Gasteiger partial charge in [0.25, 0.3) is 0 Å². The van der Waals surface area contributed by atoms with E-state index in [9.17, 15) is 5.11 Å². The third-order valence-electron chi connectivity index (χ3n) is 2.28. The van der Waals surface area contributed by atoms with Crippen molar-refractivity contribution in [1.82, 2.24) is 5.32 Å². The molecule has 0 aliphatic heterocycles. The summed E-state index contributed by atoms with van der Waals surface area (Å²) in [7, 11) is 0. The van der Waals surface area contributed by atoms with Crippen molar-refractivity contribution in [1.29, 1.82) is 0 Å². The molecular weight excluding hydrogens is 270 g/mol. The number of aliphatic hydroxyl groups excluding tert-OH is 2. The van der Waals surface area contributed by atoms with Crippen molar-refractivity contribution >= 4 is 11.6 Å². The summed E-state index contributed by atoms with van der Waals surface area (Å²) in [4.78, 5) is 0. The van der Waals surface area contributed by atoms with Crippen LogP contribution >= 0.6 is 11.6 Å². The molecule has 6 heteroatoms. The number of halogens is 1. The molecule has 1 aromatic rings. The Morgan fingerprint density at radius 3 is 2.89 bits per heavy atom. The van der Waals surface area contributed by atoms with E-state index in [1.54, 1.807) is 24.3 Å². The normalized spacial score (nSPS) is 12.4. The largest absolute Gasteiger partial charge is 0.491 e. The molecule has 0 saturated heterocycles. The van der Waals surface area contributed by atoms with Crippen molar-refractivity contribution in [2.24, 2.45) is 0 Å². The van der Waals surface area contributed by atoms with Gasteiger partial charge in [-0.25, -0.2) is 0 Å². The fourth-order valence-electron chi connectivity index (χ4n) is 1.39. The summed E-state index contributed by atoms with van der Waals surface area (Å²) < 4.78 is 10.5. The number of aliphatic hydroxyl groups is 2. The van der Waals surface area contributed by atoms with Gasteiger partial charge in [0.15, 0.2) is 0 Å². The van der Waals surface area contributed by atoms with Gasteiger partial charge < -0.3 is 25.0 Å². The molecule has 0 aliphatic carbocycles. The smallest absolute Gasteiger partial charge is 0.120 e. The standard InChI is InChI=1S/C13H20ClNO4/c14-11-2-1-3-13(8-11)19-10-12(17)9-15-4-6-18-7-5-16/h1-3,8,12,15-17H,4-7,9-10H2/t12-/m0/s1. The predicted octanol–water partition coefficient (Wildman–Crippen LogP) is 0.678. The lowest BCUT2D eigenvalue weighted by Crippen LogP contribution is -2.33. The molecule has 108 valence electrons. The Hall–Kier alpha value is -0.850. The number of hydrogen-bond acceptors (Lipinski definition) is 5. The summed E-state index contributed by atoms with van der Waals surface area (Å²) in [6.45, 7) is 2.10. The number of hydrogen-bond donors (Lipinski definition) is 3. The summed E-state index contributed by atoms with van der Waals surface area (Å²) in [5.41, 5.74) is 0. The molecule has 3 N–H and O–H groups in total. The second-order valence-corrected chi connectivity index (χ2v) is 4.40. The van der Waals surface area contributed by atoms with Crippen LogP contribution in [0.4, 0.5) is 0 Å². The number of rotatable bonds is 10. The first kappa shape index (κ1) is 16.2. The van der Waals surface area contributed by atoms with E-state index in [-0.39, 0.29) is 13.2 Å². The molecule has 0 fully saturated rings. The highest BCUT2D eigenvalue weighted by molar-refractivity contribution is 6.30. The Labute approximate surface area is 118 Å². The zero-order valence-corrected chi connectivity index (χ0v) is 11.5. The highest BCUT2D eigenvalue weighted by atomic mass is 35.5. The Kier molecular flexibility index (Phi) is 8.53. The Bertz CT molecular complexity index is 351. The minimum atomic E-state index is -0.600. The van der Waals surface area contributed by atoms with E-state index in [2.05, 4.69) is 5.32 Å². The van der Waals surface area contributed by atoms with Gasteiger partial charge in [-0.15, -0.1) is 0 Å². The molecule has 19 heavy (non-hydrogen) atoms. The van der Waals surface area contributed by atoms with Crippen molar-refractivity contribution in [3.8, 4) is 5.75 Å². The first-order valence-corrected chi connectivity index (χ1v) is 6.56. The van der Waals surface area contributed by atoms with Gasteiger partial charge in [0.05, 0.1) is 19.8 Å². The van der Waals surface area contributed by atoms with E-state index in [1.165, 1.54) is 0 Å². The molecule has 0 bridgehead atoms. The van der Waals surface area contributed by atoms with Crippen LogP contribution in [0.15, 0.2) is 24.3 Å².